The first kappa shape index (κ1) is 9.81. The fourth-order valence-electron chi connectivity index (χ4n) is 2.10. The zero-order chi connectivity index (χ0) is 9.10. The van der Waals surface area contributed by atoms with Crippen molar-refractivity contribution in [2.24, 2.45) is 0 Å². The minimum absolute atomic E-state index is 0.771. The molecule has 1 N–H and O–H groups in total. The fraction of sp³-hybridized carbons (Fsp3) is 1.00. The second kappa shape index (κ2) is 4.67. The van der Waals surface area contributed by atoms with Crippen LogP contribution in [0.1, 0.15) is 25.7 Å². The van der Waals surface area contributed by atoms with E-state index in [0.717, 1.165) is 29.8 Å². The van der Waals surface area contributed by atoms with Gasteiger partial charge in [0.15, 0.2) is 0 Å². The van der Waals surface area contributed by atoms with Crippen molar-refractivity contribution in [1.82, 2.24) is 5.32 Å². The lowest BCUT2D eigenvalue weighted by Crippen LogP contribution is -2.37. The third kappa shape index (κ3) is 2.61. The maximum absolute atomic E-state index is 5.19. The van der Waals surface area contributed by atoms with Gasteiger partial charge in [-0.3, -0.25) is 0 Å². The second-order valence-corrected chi connectivity index (χ2v) is 5.68. The van der Waals surface area contributed by atoms with Crippen molar-refractivity contribution in [2.45, 2.75) is 42.2 Å². The zero-order valence-corrected chi connectivity index (χ0v) is 9.11. The molecule has 2 atom stereocenters. The minimum atomic E-state index is 0.771. The minimum Gasteiger partial charge on any atom is -0.379 e. The van der Waals surface area contributed by atoms with E-state index >= 15 is 0 Å². The fourth-order valence-corrected chi connectivity index (χ4v) is 3.64. The van der Waals surface area contributed by atoms with Gasteiger partial charge < -0.3 is 10.1 Å². The molecule has 2 fully saturated rings. The van der Waals surface area contributed by atoms with Crippen LogP contribution < -0.4 is 5.32 Å². The lowest BCUT2D eigenvalue weighted by Gasteiger charge is -2.34. The normalized spacial score (nSPS) is 35.8. The first-order valence-electron chi connectivity index (χ1n) is 5.29. The molecule has 76 valence electrons. The van der Waals surface area contributed by atoms with Crippen LogP contribution in [-0.4, -0.2) is 36.8 Å². The first-order valence-corrected chi connectivity index (χ1v) is 6.23. The van der Waals surface area contributed by atoms with Crippen LogP contribution in [0.15, 0.2) is 0 Å². The van der Waals surface area contributed by atoms with Crippen molar-refractivity contribution in [3.05, 3.63) is 0 Å². The van der Waals surface area contributed by atoms with Gasteiger partial charge in [0, 0.05) is 11.3 Å². The van der Waals surface area contributed by atoms with Crippen LogP contribution in [-0.2, 0) is 4.74 Å². The molecule has 0 bridgehead atoms. The van der Waals surface area contributed by atoms with Gasteiger partial charge in [0.25, 0.3) is 0 Å². The van der Waals surface area contributed by atoms with Gasteiger partial charge in [0.2, 0.25) is 0 Å². The van der Waals surface area contributed by atoms with Crippen molar-refractivity contribution in [3.8, 4) is 0 Å². The zero-order valence-electron chi connectivity index (χ0n) is 8.29. The molecule has 0 aromatic rings. The molecule has 1 aliphatic heterocycles. The predicted octanol–water partition coefficient (Wildman–Crippen LogP) is 1.65. The summed E-state index contributed by atoms with van der Waals surface area (Å²) < 4.78 is 5.19. The Labute approximate surface area is 84.8 Å². The Morgan fingerprint density at radius 3 is 2.69 bits per heavy atom. The lowest BCUT2D eigenvalue weighted by atomic mass is 9.95. The molecule has 2 unspecified atom stereocenters. The summed E-state index contributed by atoms with van der Waals surface area (Å²) in [7, 11) is 2.09. The smallest absolute Gasteiger partial charge is 0.0608 e. The molecular weight excluding hydrogens is 182 g/mol. The molecule has 1 saturated heterocycles. The molecule has 13 heavy (non-hydrogen) atoms. The third-order valence-electron chi connectivity index (χ3n) is 3.03. The first-order chi connectivity index (χ1) is 6.38. The van der Waals surface area contributed by atoms with E-state index in [0.29, 0.717) is 0 Å². The van der Waals surface area contributed by atoms with Gasteiger partial charge in [-0.2, -0.15) is 11.8 Å². The largest absolute Gasteiger partial charge is 0.379 e. The number of nitrogens with one attached hydrogen (secondary N) is 1. The molecule has 2 rings (SSSR count). The van der Waals surface area contributed by atoms with E-state index in [1.54, 1.807) is 0 Å². The van der Waals surface area contributed by atoms with E-state index in [4.69, 9.17) is 4.74 Å². The third-order valence-corrected chi connectivity index (χ3v) is 4.50. The average molecular weight is 201 g/mol. The number of ether oxygens (including phenoxy) is 1. The predicted molar refractivity (Wildman–Crippen MR) is 57.3 cm³/mol. The molecule has 0 aromatic heterocycles. The van der Waals surface area contributed by atoms with Crippen molar-refractivity contribution < 1.29 is 4.74 Å². The number of hydrogen-bond donors (Lipinski definition) is 1. The van der Waals surface area contributed by atoms with E-state index < -0.39 is 0 Å². The molecule has 0 aromatic carbocycles. The van der Waals surface area contributed by atoms with Crippen molar-refractivity contribution in [3.63, 3.8) is 0 Å². The number of hydrogen-bond acceptors (Lipinski definition) is 3. The Morgan fingerprint density at radius 1 is 1.23 bits per heavy atom. The van der Waals surface area contributed by atoms with Crippen LogP contribution in [0.3, 0.4) is 0 Å². The van der Waals surface area contributed by atoms with Gasteiger partial charge in [0.05, 0.1) is 18.5 Å². The van der Waals surface area contributed by atoms with Gasteiger partial charge in [-0.1, -0.05) is 6.42 Å². The summed E-state index contributed by atoms with van der Waals surface area (Å²) in [5, 5.41) is 5.09. The van der Waals surface area contributed by atoms with E-state index in [-0.39, 0.29) is 0 Å². The van der Waals surface area contributed by atoms with Crippen LogP contribution >= 0.6 is 11.8 Å². The van der Waals surface area contributed by atoms with Gasteiger partial charge in [-0.15, -0.1) is 0 Å². The van der Waals surface area contributed by atoms with Crippen LogP contribution in [0.5, 0.6) is 0 Å². The summed E-state index contributed by atoms with van der Waals surface area (Å²) in [6.07, 6.45) is 5.54. The summed E-state index contributed by atoms with van der Waals surface area (Å²) >= 11 is 2.16. The molecule has 3 heteroatoms. The summed E-state index contributed by atoms with van der Waals surface area (Å²) in [6, 6.07) is 0.771. The van der Waals surface area contributed by atoms with E-state index in [1.807, 2.05) is 0 Å². The highest BCUT2D eigenvalue weighted by atomic mass is 32.2. The van der Waals surface area contributed by atoms with E-state index in [2.05, 4.69) is 24.1 Å². The topological polar surface area (TPSA) is 21.3 Å². The highest BCUT2D eigenvalue weighted by molar-refractivity contribution is 8.00. The van der Waals surface area contributed by atoms with Gasteiger partial charge in [-0.25, -0.2) is 0 Å². The molecule has 0 radical (unpaired) electrons. The number of rotatable bonds is 3. The summed E-state index contributed by atoms with van der Waals surface area (Å²) in [5.41, 5.74) is 0. The Kier molecular flexibility index (Phi) is 3.52. The maximum atomic E-state index is 5.19. The Morgan fingerprint density at radius 2 is 2.08 bits per heavy atom. The summed E-state index contributed by atoms with van der Waals surface area (Å²) in [5.74, 6) is 0. The van der Waals surface area contributed by atoms with Crippen LogP contribution in [0.4, 0.5) is 0 Å². The monoisotopic (exact) mass is 201 g/mol. The molecular formula is C10H19NOS. The number of thioether (sulfide) groups is 1. The second-order valence-electron chi connectivity index (χ2n) is 4.07. The molecule has 2 nitrogen and oxygen atoms in total. The summed E-state index contributed by atoms with van der Waals surface area (Å²) in [6.45, 7) is 1.98. The molecule has 2 aliphatic rings. The van der Waals surface area contributed by atoms with Crippen LogP contribution in [0.25, 0.3) is 0 Å². The quantitative estimate of drug-likeness (QED) is 0.750. The molecule has 0 amide bonds. The van der Waals surface area contributed by atoms with Crippen molar-refractivity contribution in [1.29, 1.82) is 0 Å². The van der Waals surface area contributed by atoms with Gasteiger partial charge >= 0.3 is 0 Å². The molecule has 1 aliphatic carbocycles. The van der Waals surface area contributed by atoms with Crippen LogP contribution in [0.2, 0.25) is 0 Å². The van der Waals surface area contributed by atoms with Crippen molar-refractivity contribution >= 4 is 11.8 Å². The molecule has 0 spiro atoms. The van der Waals surface area contributed by atoms with E-state index in [9.17, 15) is 0 Å². The Hall–Kier alpha value is 0.270. The van der Waals surface area contributed by atoms with E-state index in [1.165, 1.54) is 25.7 Å². The van der Waals surface area contributed by atoms with Crippen LogP contribution in [0, 0.1) is 0 Å². The van der Waals surface area contributed by atoms with Gasteiger partial charge in [-0.05, 0) is 26.3 Å². The molecule has 1 saturated carbocycles. The standard InChI is InChI=1S/C10H19NOS/c1-11-8-3-2-4-9(5-8)13-10-6-12-7-10/h8-11H,2-7H2,1H3. The Bertz CT molecular complexity index is 159. The lowest BCUT2D eigenvalue weighted by molar-refractivity contribution is 0.0451. The van der Waals surface area contributed by atoms with Crippen molar-refractivity contribution in [2.75, 3.05) is 20.3 Å². The SMILES string of the molecule is CNC1CCCC(SC2COC2)C1. The highest BCUT2D eigenvalue weighted by Gasteiger charge is 2.27. The average Bonchev–Trinajstić information content (AvgIpc) is 2.12. The summed E-state index contributed by atoms with van der Waals surface area (Å²) in [4.78, 5) is 0. The van der Waals surface area contributed by atoms with Gasteiger partial charge in [0.1, 0.15) is 0 Å². The molecule has 1 heterocycles. The Balaban J connectivity index is 1.71. The highest BCUT2D eigenvalue weighted by Crippen LogP contribution is 2.33. The maximum Gasteiger partial charge on any atom is 0.0608 e.